The summed E-state index contributed by atoms with van der Waals surface area (Å²) in [6, 6.07) is 14.0. The number of benzene rings is 3. The molecule has 0 saturated heterocycles. The fraction of sp³-hybridized carbons (Fsp3) is 0.286. The van der Waals surface area contributed by atoms with Gasteiger partial charge in [-0.1, -0.05) is 39.0 Å². The van der Waals surface area contributed by atoms with Gasteiger partial charge in [-0.25, -0.2) is 9.37 Å². The van der Waals surface area contributed by atoms with E-state index in [4.69, 9.17) is 9.72 Å². The first-order valence-electron chi connectivity index (χ1n) is 12.5. The molecule has 2 heterocycles. The number of carbonyl (C=O) groups is 1. The van der Waals surface area contributed by atoms with Gasteiger partial charge < -0.3 is 14.6 Å². The van der Waals surface area contributed by atoms with E-state index in [0.717, 1.165) is 0 Å². The van der Waals surface area contributed by atoms with Gasteiger partial charge in [0, 0.05) is 17.6 Å². The number of rotatable bonds is 7. The van der Waals surface area contributed by atoms with Crippen molar-refractivity contribution in [1.29, 1.82) is 0 Å². The first-order valence-corrected chi connectivity index (χ1v) is 14.6. The summed E-state index contributed by atoms with van der Waals surface area (Å²) < 4.78 is 61.5. The van der Waals surface area contributed by atoms with E-state index >= 15 is 4.39 Å². The zero-order valence-electron chi connectivity index (χ0n) is 21.2. The Morgan fingerprint density at radius 2 is 1.76 bits per heavy atom. The van der Waals surface area contributed by atoms with E-state index in [-0.39, 0.29) is 22.3 Å². The Morgan fingerprint density at radius 1 is 1.05 bits per heavy atom. The molecule has 3 aromatic carbocycles. The zero-order valence-corrected chi connectivity index (χ0v) is 22.1. The molecule has 10 heteroatoms. The highest BCUT2D eigenvalue weighted by molar-refractivity contribution is 7.71. The summed E-state index contributed by atoms with van der Waals surface area (Å²) in [5.41, 5.74) is 2.69. The van der Waals surface area contributed by atoms with Crippen LogP contribution < -0.4 is 15.4 Å². The van der Waals surface area contributed by atoms with E-state index < -0.39 is 31.5 Å². The maximum Gasteiger partial charge on any atom is 0.387 e. The molecule has 4 aromatic rings. The third-order valence-electron chi connectivity index (χ3n) is 7.13. The van der Waals surface area contributed by atoms with Crippen molar-refractivity contribution in [2.75, 3.05) is 12.3 Å². The lowest BCUT2D eigenvalue weighted by molar-refractivity contribution is -0.0498. The van der Waals surface area contributed by atoms with Gasteiger partial charge in [0.2, 0.25) is 0 Å². The minimum Gasteiger partial charge on any atom is -0.433 e. The van der Waals surface area contributed by atoms with E-state index in [0.29, 0.717) is 46.7 Å². The third-order valence-corrected chi connectivity index (χ3v) is 10.4. The number of aromatic nitrogens is 2. The first-order chi connectivity index (χ1) is 18.2. The number of alkyl halides is 2. The summed E-state index contributed by atoms with van der Waals surface area (Å²) in [4.78, 5) is 17.8. The monoisotopic (exact) mass is 541 g/mol. The standard InChI is InChI=1S/C28H27F3N3O3P/c1-4-20-26-32-21-12-10-17(16-11-13-24(19(29)14-16)38(36,5-2)6-3)15-22(21)34(26)25-18(27(35)33-20)8-7-9-23(25)37-28(30)31/h7-15,20,28H,4-6H2,1-3H3,(H,33,35). The predicted octanol–water partition coefficient (Wildman–Crippen LogP) is 6.66. The molecule has 1 aliphatic rings. The second-order valence-electron chi connectivity index (χ2n) is 9.16. The van der Waals surface area contributed by atoms with Crippen LogP contribution >= 0.6 is 7.14 Å². The lowest BCUT2D eigenvalue weighted by atomic mass is 10.0. The fourth-order valence-electron chi connectivity index (χ4n) is 5.04. The van der Waals surface area contributed by atoms with Crippen molar-refractivity contribution in [2.24, 2.45) is 0 Å². The van der Waals surface area contributed by atoms with Gasteiger partial charge in [-0.15, -0.1) is 0 Å². The fourth-order valence-corrected chi connectivity index (χ4v) is 6.96. The summed E-state index contributed by atoms with van der Waals surface area (Å²) >= 11 is 0. The maximum atomic E-state index is 15.2. The van der Waals surface area contributed by atoms with Crippen molar-refractivity contribution in [3.8, 4) is 22.6 Å². The Labute approximate surface area is 218 Å². The van der Waals surface area contributed by atoms with Gasteiger partial charge in [0.25, 0.3) is 5.91 Å². The Kier molecular flexibility index (Phi) is 6.82. The zero-order chi connectivity index (χ0) is 27.2. The average molecular weight is 542 g/mol. The van der Waals surface area contributed by atoms with Crippen LogP contribution in [0.5, 0.6) is 5.75 Å². The molecule has 1 aromatic heterocycles. The molecule has 1 atom stereocenters. The van der Waals surface area contributed by atoms with Crippen molar-refractivity contribution >= 4 is 29.4 Å². The van der Waals surface area contributed by atoms with Crippen molar-refractivity contribution in [3.05, 3.63) is 71.8 Å². The van der Waals surface area contributed by atoms with Crippen LogP contribution in [0.15, 0.2) is 54.6 Å². The Morgan fingerprint density at radius 3 is 2.42 bits per heavy atom. The van der Waals surface area contributed by atoms with Crippen LogP contribution in [0.25, 0.3) is 27.8 Å². The highest BCUT2D eigenvalue weighted by Gasteiger charge is 2.32. The normalized spacial score (nSPS) is 15.2. The van der Waals surface area contributed by atoms with Gasteiger partial charge in [0.05, 0.1) is 22.6 Å². The summed E-state index contributed by atoms with van der Waals surface area (Å²) in [5, 5.41) is 3.17. The van der Waals surface area contributed by atoms with Gasteiger partial charge in [-0.05, 0) is 53.9 Å². The molecule has 6 nitrogen and oxygen atoms in total. The second-order valence-corrected chi connectivity index (χ2v) is 12.7. The summed E-state index contributed by atoms with van der Waals surface area (Å²) in [7, 11) is -2.81. The molecule has 0 bridgehead atoms. The van der Waals surface area contributed by atoms with Gasteiger partial charge in [-0.2, -0.15) is 8.78 Å². The van der Waals surface area contributed by atoms with Crippen LogP contribution in [-0.4, -0.2) is 34.4 Å². The molecule has 198 valence electrons. The molecular formula is C28H27F3N3O3P. The number of nitrogens with zero attached hydrogens (tertiary/aromatic N) is 2. The molecule has 5 rings (SSSR count). The number of carbonyl (C=O) groups excluding carboxylic acids is 1. The Bertz CT molecular complexity index is 1590. The van der Waals surface area contributed by atoms with Gasteiger partial charge in [-0.3, -0.25) is 9.36 Å². The first kappa shape index (κ1) is 26.0. The number of amides is 1. The van der Waals surface area contributed by atoms with Crippen molar-refractivity contribution in [1.82, 2.24) is 14.9 Å². The maximum absolute atomic E-state index is 15.2. The molecule has 0 fully saturated rings. The molecular weight excluding hydrogens is 514 g/mol. The molecule has 0 spiro atoms. The van der Waals surface area contributed by atoms with Gasteiger partial charge in [0.1, 0.15) is 24.5 Å². The lowest BCUT2D eigenvalue weighted by Gasteiger charge is -2.17. The number of para-hydroxylation sites is 1. The second kappa shape index (κ2) is 9.95. The highest BCUT2D eigenvalue weighted by Crippen LogP contribution is 2.45. The van der Waals surface area contributed by atoms with Crippen LogP contribution in [0.4, 0.5) is 13.2 Å². The number of fused-ring (bicyclic) bond motifs is 5. The number of hydrogen-bond donors (Lipinski definition) is 1. The number of nitrogens with one attached hydrogen (secondary N) is 1. The summed E-state index contributed by atoms with van der Waals surface area (Å²) in [6.07, 6.45) is 1.27. The molecule has 0 aliphatic carbocycles. The molecule has 0 saturated carbocycles. The number of halogens is 3. The predicted molar refractivity (Wildman–Crippen MR) is 142 cm³/mol. The van der Waals surface area contributed by atoms with Crippen LogP contribution in [0.2, 0.25) is 0 Å². The van der Waals surface area contributed by atoms with Crippen LogP contribution in [-0.2, 0) is 4.57 Å². The van der Waals surface area contributed by atoms with E-state index in [1.165, 1.54) is 18.2 Å². The average Bonchev–Trinajstić information content (AvgIpc) is 3.23. The minimum absolute atomic E-state index is 0.152. The third kappa shape index (κ3) is 4.29. The summed E-state index contributed by atoms with van der Waals surface area (Å²) in [5.74, 6) is -0.623. The molecule has 38 heavy (non-hydrogen) atoms. The van der Waals surface area contributed by atoms with Gasteiger partial charge >= 0.3 is 6.61 Å². The topological polar surface area (TPSA) is 73.2 Å². The van der Waals surface area contributed by atoms with Gasteiger partial charge in [0.15, 0.2) is 5.75 Å². The molecule has 0 radical (unpaired) electrons. The molecule has 1 unspecified atom stereocenters. The minimum atomic E-state index is -3.09. The number of hydrogen-bond acceptors (Lipinski definition) is 4. The Hall–Kier alpha value is -3.58. The van der Waals surface area contributed by atoms with Crippen molar-refractivity contribution in [2.45, 2.75) is 39.8 Å². The van der Waals surface area contributed by atoms with E-state index in [2.05, 4.69) is 5.32 Å². The van der Waals surface area contributed by atoms with Crippen LogP contribution in [0.1, 0.15) is 49.4 Å². The lowest BCUT2D eigenvalue weighted by Crippen LogP contribution is -2.27. The van der Waals surface area contributed by atoms with Crippen LogP contribution in [0.3, 0.4) is 0 Å². The van der Waals surface area contributed by atoms with E-state index in [9.17, 15) is 18.1 Å². The molecule has 1 amide bonds. The van der Waals surface area contributed by atoms with E-state index in [1.54, 1.807) is 54.8 Å². The molecule has 1 aliphatic heterocycles. The Balaban J connectivity index is 1.74. The smallest absolute Gasteiger partial charge is 0.387 e. The van der Waals surface area contributed by atoms with Crippen molar-refractivity contribution < 1.29 is 27.3 Å². The van der Waals surface area contributed by atoms with Crippen LogP contribution in [0, 0.1) is 5.82 Å². The highest BCUT2D eigenvalue weighted by atomic mass is 31.2. The van der Waals surface area contributed by atoms with E-state index in [1.807, 2.05) is 6.92 Å². The SMILES string of the molecule is CCC1NC(=O)c2cccc(OC(F)F)c2-n2c1nc1ccc(-c3ccc(P(=O)(CC)CC)c(F)c3)cc12. The van der Waals surface area contributed by atoms with Crippen molar-refractivity contribution in [3.63, 3.8) is 0 Å². The molecule has 1 N–H and O–H groups in total. The largest absolute Gasteiger partial charge is 0.433 e. The summed E-state index contributed by atoms with van der Waals surface area (Å²) in [6.45, 7) is 2.39. The quantitative estimate of drug-likeness (QED) is 0.266. The number of imidazole rings is 1. The number of ether oxygens (including phenoxy) is 1.